The van der Waals surface area contributed by atoms with E-state index in [0.29, 0.717) is 6.42 Å². The minimum atomic E-state index is 0. The molecular formula is C15H24BrClN2OS. The number of hydrogen-bond donors (Lipinski definition) is 2. The fourth-order valence-corrected chi connectivity index (χ4v) is 4.11. The highest BCUT2D eigenvalue weighted by atomic mass is 79.9. The Bertz CT molecular complexity index is 422. The molecule has 1 aromatic rings. The zero-order chi connectivity index (χ0) is 14.2. The summed E-state index contributed by atoms with van der Waals surface area (Å²) in [6, 6.07) is 4.20. The molecule has 1 atom stereocenters. The van der Waals surface area contributed by atoms with E-state index in [9.17, 15) is 4.79 Å². The maximum Gasteiger partial charge on any atom is 0.220 e. The van der Waals surface area contributed by atoms with E-state index in [0.717, 1.165) is 48.6 Å². The van der Waals surface area contributed by atoms with Crippen LogP contribution in [0.5, 0.6) is 0 Å². The van der Waals surface area contributed by atoms with Gasteiger partial charge in [-0.2, -0.15) is 0 Å². The van der Waals surface area contributed by atoms with Gasteiger partial charge in [0, 0.05) is 17.8 Å². The first-order valence-corrected chi connectivity index (χ1v) is 9.06. The van der Waals surface area contributed by atoms with Crippen LogP contribution in [-0.2, 0) is 11.2 Å². The van der Waals surface area contributed by atoms with Crippen LogP contribution in [0.3, 0.4) is 0 Å². The van der Waals surface area contributed by atoms with Gasteiger partial charge in [-0.25, -0.2) is 0 Å². The molecule has 1 amide bonds. The minimum absolute atomic E-state index is 0. The van der Waals surface area contributed by atoms with Gasteiger partial charge in [0.15, 0.2) is 0 Å². The molecule has 0 aliphatic carbocycles. The smallest absolute Gasteiger partial charge is 0.220 e. The molecule has 2 heterocycles. The average molecular weight is 396 g/mol. The number of carbonyl (C=O) groups excluding carboxylic acids is 1. The number of halogens is 2. The number of carbonyl (C=O) groups is 1. The molecule has 1 aliphatic rings. The van der Waals surface area contributed by atoms with Crippen molar-refractivity contribution in [3.05, 3.63) is 20.8 Å². The second-order valence-electron chi connectivity index (χ2n) is 5.41. The van der Waals surface area contributed by atoms with Crippen molar-refractivity contribution in [3.8, 4) is 0 Å². The van der Waals surface area contributed by atoms with E-state index >= 15 is 0 Å². The van der Waals surface area contributed by atoms with Gasteiger partial charge in [0.1, 0.15) is 0 Å². The molecule has 1 aromatic heterocycles. The molecule has 6 heteroatoms. The van der Waals surface area contributed by atoms with E-state index < -0.39 is 0 Å². The van der Waals surface area contributed by atoms with Crippen LogP contribution in [0.25, 0.3) is 0 Å². The van der Waals surface area contributed by atoms with Crippen molar-refractivity contribution < 1.29 is 4.79 Å². The third-order valence-electron chi connectivity index (χ3n) is 3.73. The van der Waals surface area contributed by atoms with E-state index in [2.05, 4.69) is 38.7 Å². The van der Waals surface area contributed by atoms with Crippen LogP contribution in [0.2, 0.25) is 0 Å². The molecule has 0 radical (unpaired) electrons. The van der Waals surface area contributed by atoms with Crippen molar-refractivity contribution >= 4 is 45.6 Å². The Morgan fingerprint density at radius 3 is 3.00 bits per heavy atom. The molecule has 1 saturated heterocycles. The van der Waals surface area contributed by atoms with Crippen molar-refractivity contribution in [3.63, 3.8) is 0 Å². The summed E-state index contributed by atoms with van der Waals surface area (Å²) in [7, 11) is 0. The lowest BCUT2D eigenvalue weighted by Crippen LogP contribution is -2.33. The fraction of sp³-hybridized carbons (Fsp3) is 0.667. The van der Waals surface area contributed by atoms with E-state index in [4.69, 9.17) is 0 Å². The van der Waals surface area contributed by atoms with Crippen molar-refractivity contribution in [1.82, 2.24) is 10.6 Å². The van der Waals surface area contributed by atoms with Gasteiger partial charge in [0.2, 0.25) is 5.91 Å². The molecule has 120 valence electrons. The summed E-state index contributed by atoms with van der Waals surface area (Å²) in [4.78, 5) is 13.1. The molecule has 0 bridgehead atoms. The molecule has 0 aromatic carbocycles. The van der Waals surface area contributed by atoms with Crippen LogP contribution >= 0.6 is 39.7 Å². The maximum absolute atomic E-state index is 11.7. The van der Waals surface area contributed by atoms with Crippen LogP contribution in [0.15, 0.2) is 15.9 Å². The van der Waals surface area contributed by atoms with Crippen molar-refractivity contribution in [2.45, 2.75) is 38.5 Å². The standard InChI is InChI=1S/C15H23BrN2OS.ClH/c16-14-7-6-13(20-14)4-1-5-15(19)18-10-8-12-3-2-9-17-11-12;/h6-7,12,17H,1-5,8-11H2,(H,18,19);1H. The number of nitrogens with one attached hydrogen (secondary N) is 2. The first-order valence-electron chi connectivity index (χ1n) is 7.45. The zero-order valence-corrected chi connectivity index (χ0v) is 15.4. The summed E-state index contributed by atoms with van der Waals surface area (Å²) in [6.45, 7) is 3.10. The number of aryl methyl sites for hydroxylation is 1. The lowest BCUT2D eigenvalue weighted by molar-refractivity contribution is -0.121. The number of hydrogen-bond acceptors (Lipinski definition) is 3. The first kappa shape index (κ1) is 18.9. The molecule has 2 N–H and O–H groups in total. The summed E-state index contributed by atoms with van der Waals surface area (Å²) in [5.74, 6) is 0.942. The second kappa shape index (κ2) is 10.6. The van der Waals surface area contributed by atoms with E-state index in [1.165, 1.54) is 17.7 Å². The van der Waals surface area contributed by atoms with Crippen LogP contribution in [-0.4, -0.2) is 25.5 Å². The Labute approximate surface area is 145 Å². The number of amides is 1. The van der Waals surface area contributed by atoms with Gasteiger partial charge in [0.05, 0.1) is 3.79 Å². The van der Waals surface area contributed by atoms with Gasteiger partial charge >= 0.3 is 0 Å². The lowest BCUT2D eigenvalue weighted by atomic mass is 9.96. The summed E-state index contributed by atoms with van der Waals surface area (Å²) < 4.78 is 1.16. The molecule has 1 unspecified atom stereocenters. The summed E-state index contributed by atoms with van der Waals surface area (Å²) in [5.41, 5.74) is 0. The highest BCUT2D eigenvalue weighted by molar-refractivity contribution is 9.11. The van der Waals surface area contributed by atoms with Crippen molar-refractivity contribution in [1.29, 1.82) is 0 Å². The SMILES string of the molecule is Cl.O=C(CCCc1ccc(Br)s1)NCCC1CCCNC1. The third-order valence-corrected chi connectivity index (χ3v) is 5.41. The van der Waals surface area contributed by atoms with Gasteiger partial charge in [-0.3, -0.25) is 4.79 Å². The number of thiophene rings is 1. The first-order chi connectivity index (χ1) is 9.74. The monoisotopic (exact) mass is 394 g/mol. The van der Waals surface area contributed by atoms with Crippen LogP contribution in [0.1, 0.15) is 37.0 Å². The summed E-state index contributed by atoms with van der Waals surface area (Å²) in [6.07, 6.45) is 6.25. The molecule has 3 nitrogen and oxygen atoms in total. The fourth-order valence-electron chi connectivity index (χ4n) is 2.58. The number of rotatable bonds is 7. The predicted octanol–water partition coefficient (Wildman–Crippen LogP) is 3.76. The Morgan fingerprint density at radius 2 is 2.33 bits per heavy atom. The second-order valence-corrected chi connectivity index (χ2v) is 7.96. The van der Waals surface area contributed by atoms with Crippen LogP contribution < -0.4 is 10.6 Å². The van der Waals surface area contributed by atoms with Crippen LogP contribution in [0, 0.1) is 5.92 Å². The maximum atomic E-state index is 11.7. The Morgan fingerprint density at radius 1 is 1.48 bits per heavy atom. The molecule has 0 spiro atoms. The Balaban J connectivity index is 0.00000220. The predicted molar refractivity (Wildman–Crippen MR) is 95.4 cm³/mol. The van der Waals surface area contributed by atoms with E-state index in [-0.39, 0.29) is 18.3 Å². The largest absolute Gasteiger partial charge is 0.356 e. The van der Waals surface area contributed by atoms with Crippen molar-refractivity contribution in [2.75, 3.05) is 19.6 Å². The Hall–Kier alpha value is -0.100. The highest BCUT2D eigenvalue weighted by Gasteiger charge is 2.12. The highest BCUT2D eigenvalue weighted by Crippen LogP contribution is 2.23. The quantitative estimate of drug-likeness (QED) is 0.738. The van der Waals surface area contributed by atoms with Crippen molar-refractivity contribution in [2.24, 2.45) is 5.92 Å². The normalized spacial score (nSPS) is 18.0. The molecule has 1 fully saturated rings. The lowest BCUT2D eigenvalue weighted by Gasteiger charge is -2.22. The van der Waals surface area contributed by atoms with Gasteiger partial charge in [-0.1, -0.05) is 0 Å². The average Bonchev–Trinajstić information content (AvgIpc) is 2.86. The van der Waals surface area contributed by atoms with Gasteiger partial charge in [-0.05, 0) is 79.2 Å². The minimum Gasteiger partial charge on any atom is -0.356 e. The van der Waals surface area contributed by atoms with Gasteiger partial charge in [0.25, 0.3) is 0 Å². The third kappa shape index (κ3) is 7.63. The molecule has 2 rings (SSSR count). The Kier molecular flexibility index (Phi) is 9.56. The summed E-state index contributed by atoms with van der Waals surface area (Å²) in [5, 5.41) is 6.46. The molecular weight excluding hydrogens is 372 g/mol. The zero-order valence-electron chi connectivity index (χ0n) is 12.2. The molecule has 0 saturated carbocycles. The topological polar surface area (TPSA) is 41.1 Å². The summed E-state index contributed by atoms with van der Waals surface area (Å²) >= 11 is 5.21. The van der Waals surface area contributed by atoms with Gasteiger partial charge < -0.3 is 10.6 Å². The molecule has 21 heavy (non-hydrogen) atoms. The van der Waals surface area contributed by atoms with E-state index in [1.54, 1.807) is 11.3 Å². The van der Waals surface area contributed by atoms with E-state index in [1.807, 2.05) is 0 Å². The van der Waals surface area contributed by atoms with Gasteiger partial charge in [-0.15, -0.1) is 23.7 Å². The molecule has 1 aliphatic heterocycles. The van der Waals surface area contributed by atoms with Crippen LogP contribution in [0.4, 0.5) is 0 Å². The number of piperidine rings is 1.